The molecule has 0 aliphatic heterocycles. The van der Waals surface area contributed by atoms with Gasteiger partial charge in [-0.25, -0.2) is 0 Å². The van der Waals surface area contributed by atoms with E-state index in [9.17, 15) is 0 Å². The lowest BCUT2D eigenvalue weighted by atomic mass is 10.2. The monoisotopic (exact) mass is 325 g/mol. The van der Waals surface area contributed by atoms with Crippen LogP contribution in [0.15, 0.2) is 42.6 Å². The molecule has 0 saturated carbocycles. The van der Waals surface area contributed by atoms with E-state index in [0.29, 0.717) is 25.2 Å². The first kappa shape index (κ1) is 17.8. The highest BCUT2D eigenvalue weighted by Crippen LogP contribution is 2.28. The molecule has 2 aromatic rings. The topological polar surface area (TPSA) is 67.2 Å². The molecule has 1 aromatic carbocycles. The number of unbranched alkanes of at least 4 members (excludes halogenated alkanes) is 1. The number of nitrogens with one attached hydrogen (secondary N) is 1. The molecular formula is C19H23N3O2. The lowest BCUT2D eigenvalue weighted by Gasteiger charge is -2.12. The Morgan fingerprint density at radius 1 is 1.21 bits per heavy atom. The van der Waals surface area contributed by atoms with Crippen molar-refractivity contribution < 1.29 is 9.47 Å². The molecule has 0 atom stereocenters. The number of hydrogen-bond donors (Lipinski definition) is 1. The molecular weight excluding hydrogens is 302 g/mol. The van der Waals surface area contributed by atoms with Crippen LogP contribution in [0.25, 0.3) is 0 Å². The largest absolute Gasteiger partial charge is 0.493 e. The van der Waals surface area contributed by atoms with Gasteiger partial charge in [-0.3, -0.25) is 4.98 Å². The van der Waals surface area contributed by atoms with Crippen molar-refractivity contribution in [2.24, 2.45) is 0 Å². The van der Waals surface area contributed by atoms with Gasteiger partial charge in [0, 0.05) is 37.8 Å². The molecule has 0 saturated heterocycles. The van der Waals surface area contributed by atoms with E-state index >= 15 is 0 Å². The van der Waals surface area contributed by atoms with Crippen molar-refractivity contribution >= 4 is 0 Å². The molecule has 0 amide bonds. The van der Waals surface area contributed by atoms with E-state index in [4.69, 9.17) is 14.7 Å². The van der Waals surface area contributed by atoms with Crippen molar-refractivity contribution in [2.45, 2.75) is 25.8 Å². The number of pyridine rings is 1. The van der Waals surface area contributed by atoms with Crippen LogP contribution in [0.5, 0.6) is 11.5 Å². The maximum Gasteiger partial charge on any atom is 0.161 e. The van der Waals surface area contributed by atoms with Gasteiger partial charge in [-0.2, -0.15) is 5.26 Å². The number of nitriles is 1. The maximum absolute atomic E-state index is 8.57. The van der Waals surface area contributed by atoms with Gasteiger partial charge in [-0.05, 0) is 36.2 Å². The Balaban J connectivity index is 1.82. The Labute approximate surface area is 143 Å². The van der Waals surface area contributed by atoms with E-state index < -0.39 is 0 Å². The summed E-state index contributed by atoms with van der Waals surface area (Å²) < 4.78 is 11.1. The van der Waals surface area contributed by atoms with Crippen LogP contribution < -0.4 is 14.8 Å². The Morgan fingerprint density at radius 2 is 2.12 bits per heavy atom. The van der Waals surface area contributed by atoms with Gasteiger partial charge < -0.3 is 14.8 Å². The lowest BCUT2D eigenvalue weighted by molar-refractivity contribution is 0.290. The van der Waals surface area contributed by atoms with Crippen LogP contribution in [0, 0.1) is 11.3 Å². The smallest absolute Gasteiger partial charge is 0.161 e. The molecule has 0 radical (unpaired) electrons. The average Bonchev–Trinajstić information content (AvgIpc) is 2.63. The zero-order chi connectivity index (χ0) is 17.0. The second-order valence-corrected chi connectivity index (χ2v) is 5.34. The van der Waals surface area contributed by atoms with E-state index in [-0.39, 0.29) is 0 Å². The van der Waals surface area contributed by atoms with Gasteiger partial charge in [0.25, 0.3) is 0 Å². The first-order valence-electron chi connectivity index (χ1n) is 8.11. The van der Waals surface area contributed by atoms with Gasteiger partial charge in [-0.15, -0.1) is 0 Å². The molecule has 1 heterocycles. The van der Waals surface area contributed by atoms with Crippen molar-refractivity contribution in [3.63, 3.8) is 0 Å². The standard InChI is InChI=1S/C19H23N3O2/c1-23-18-8-7-16(14-19(18)24-13-5-3-10-20)15-21-12-9-17-6-2-4-11-22-17/h2,4,6-8,11,14,21H,3,5,9,12-13,15H2,1H3. The Kier molecular flexibility index (Phi) is 7.58. The summed E-state index contributed by atoms with van der Waals surface area (Å²) >= 11 is 0. The molecule has 0 aliphatic carbocycles. The molecule has 5 heteroatoms. The van der Waals surface area contributed by atoms with Crippen LogP contribution in [-0.4, -0.2) is 25.2 Å². The summed E-state index contributed by atoms with van der Waals surface area (Å²) in [6.07, 6.45) is 3.92. The number of ether oxygens (including phenoxy) is 2. The minimum Gasteiger partial charge on any atom is -0.493 e. The summed E-state index contributed by atoms with van der Waals surface area (Å²) in [6.45, 7) is 2.13. The Bertz CT molecular complexity index is 653. The van der Waals surface area contributed by atoms with Gasteiger partial charge >= 0.3 is 0 Å². The average molecular weight is 325 g/mol. The minimum atomic E-state index is 0.497. The molecule has 1 aromatic heterocycles. The fourth-order valence-electron chi connectivity index (χ4n) is 2.27. The summed E-state index contributed by atoms with van der Waals surface area (Å²) in [5.41, 5.74) is 2.22. The van der Waals surface area contributed by atoms with Gasteiger partial charge in [-0.1, -0.05) is 12.1 Å². The van der Waals surface area contributed by atoms with Gasteiger partial charge in [0.15, 0.2) is 11.5 Å². The van der Waals surface area contributed by atoms with Crippen LogP contribution in [0.3, 0.4) is 0 Å². The second-order valence-electron chi connectivity index (χ2n) is 5.34. The van der Waals surface area contributed by atoms with Crippen LogP contribution in [-0.2, 0) is 13.0 Å². The molecule has 0 fully saturated rings. The van der Waals surface area contributed by atoms with Gasteiger partial charge in [0.1, 0.15) is 0 Å². The predicted octanol–water partition coefficient (Wildman–Crippen LogP) is 3.11. The van der Waals surface area contributed by atoms with Crippen molar-refractivity contribution in [3.8, 4) is 17.6 Å². The van der Waals surface area contributed by atoms with Crippen LogP contribution >= 0.6 is 0 Å². The fraction of sp³-hybridized carbons (Fsp3) is 0.368. The van der Waals surface area contributed by atoms with Crippen LogP contribution in [0.2, 0.25) is 0 Å². The number of benzene rings is 1. The number of aromatic nitrogens is 1. The van der Waals surface area contributed by atoms with Crippen LogP contribution in [0.1, 0.15) is 24.1 Å². The first-order valence-corrected chi connectivity index (χ1v) is 8.11. The van der Waals surface area contributed by atoms with Crippen LogP contribution in [0.4, 0.5) is 0 Å². The van der Waals surface area contributed by atoms with Crippen molar-refractivity contribution in [2.75, 3.05) is 20.3 Å². The van der Waals surface area contributed by atoms with E-state index in [1.807, 2.05) is 42.6 Å². The van der Waals surface area contributed by atoms with E-state index in [1.165, 1.54) is 0 Å². The number of rotatable bonds is 10. The SMILES string of the molecule is COc1ccc(CNCCc2ccccn2)cc1OCCCC#N. The second kappa shape index (κ2) is 10.2. The third kappa shape index (κ3) is 5.90. The minimum absolute atomic E-state index is 0.497. The normalized spacial score (nSPS) is 10.2. The summed E-state index contributed by atoms with van der Waals surface area (Å²) in [5, 5.41) is 12.0. The molecule has 1 N–H and O–H groups in total. The van der Waals surface area contributed by atoms with E-state index in [0.717, 1.165) is 36.5 Å². The van der Waals surface area contributed by atoms with Crippen molar-refractivity contribution in [1.29, 1.82) is 5.26 Å². The first-order chi connectivity index (χ1) is 11.8. The molecule has 0 spiro atoms. The predicted molar refractivity (Wildman–Crippen MR) is 93.0 cm³/mol. The quantitative estimate of drug-likeness (QED) is 0.680. The van der Waals surface area contributed by atoms with Crippen molar-refractivity contribution in [1.82, 2.24) is 10.3 Å². The fourth-order valence-corrected chi connectivity index (χ4v) is 2.27. The van der Waals surface area contributed by atoms with Crippen molar-refractivity contribution in [3.05, 3.63) is 53.9 Å². The highest BCUT2D eigenvalue weighted by atomic mass is 16.5. The molecule has 5 nitrogen and oxygen atoms in total. The lowest BCUT2D eigenvalue weighted by Crippen LogP contribution is -2.17. The van der Waals surface area contributed by atoms with E-state index in [1.54, 1.807) is 7.11 Å². The third-order valence-electron chi connectivity index (χ3n) is 3.53. The van der Waals surface area contributed by atoms with E-state index in [2.05, 4.69) is 16.4 Å². The Morgan fingerprint density at radius 3 is 2.88 bits per heavy atom. The highest BCUT2D eigenvalue weighted by Gasteiger charge is 2.06. The highest BCUT2D eigenvalue weighted by molar-refractivity contribution is 5.42. The summed E-state index contributed by atoms with van der Waals surface area (Å²) in [5.74, 6) is 1.43. The number of nitrogens with zero attached hydrogens (tertiary/aromatic N) is 2. The Hall–Kier alpha value is -2.58. The molecule has 126 valence electrons. The summed E-state index contributed by atoms with van der Waals surface area (Å²) in [7, 11) is 1.63. The molecule has 0 bridgehead atoms. The molecule has 0 aliphatic rings. The molecule has 2 rings (SSSR count). The molecule has 0 unspecified atom stereocenters. The zero-order valence-electron chi connectivity index (χ0n) is 14.0. The number of hydrogen-bond acceptors (Lipinski definition) is 5. The maximum atomic E-state index is 8.57. The van der Waals surface area contributed by atoms with Gasteiger partial charge in [0.05, 0.1) is 19.8 Å². The number of methoxy groups -OCH3 is 1. The molecule has 24 heavy (non-hydrogen) atoms. The third-order valence-corrected chi connectivity index (χ3v) is 3.53. The summed E-state index contributed by atoms with van der Waals surface area (Å²) in [4.78, 5) is 4.31. The van der Waals surface area contributed by atoms with Gasteiger partial charge in [0.2, 0.25) is 0 Å². The zero-order valence-corrected chi connectivity index (χ0v) is 14.0. The summed E-state index contributed by atoms with van der Waals surface area (Å²) in [6, 6.07) is 14.0.